The fourth-order valence-electron chi connectivity index (χ4n) is 2.85. The van der Waals surface area contributed by atoms with Crippen molar-refractivity contribution in [1.82, 2.24) is 19.6 Å². The van der Waals surface area contributed by atoms with Crippen molar-refractivity contribution in [2.75, 3.05) is 45.2 Å². The molecule has 7 nitrogen and oxygen atoms in total. The van der Waals surface area contributed by atoms with Crippen LogP contribution in [0.15, 0.2) is 12.3 Å². The molecule has 1 aromatic heterocycles. The number of hydrogen-bond donors (Lipinski definition) is 1. The highest BCUT2D eigenvalue weighted by molar-refractivity contribution is 5.88. The minimum atomic E-state index is -0.100. The summed E-state index contributed by atoms with van der Waals surface area (Å²) in [6, 6.07) is 1.69. The number of aryl methyl sites for hydroxylation is 1. The average molecular weight is 307 g/mol. The van der Waals surface area contributed by atoms with Crippen LogP contribution in [0.2, 0.25) is 0 Å². The third-order valence-electron chi connectivity index (χ3n) is 4.16. The Labute approximate surface area is 131 Å². The lowest BCUT2D eigenvalue weighted by atomic mass is 10.2. The number of ether oxygens (including phenoxy) is 1. The second-order valence-electron chi connectivity index (χ2n) is 6.41. The Kier molecular flexibility index (Phi) is 4.63. The van der Waals surface area contributed by atoms with E-state index in [9.17, 15) is 4.79 Å². The van der Waals surface area contributed by atoms with Gasteiger partial charge in [-0.15, -0.1) is 0 Å². The lowest BCUT2D eigenvalue weighted by molar-refractivity contribution is -0.0261. The Hall–Kier alpha value is -1.60. The van der Waals surface area contributed by atoms with Gasteiger partial charge in [-0.05, 0) is 25.8 Å². The number of hydrogen-bond acceptors (Lipinski definition) is 4. The Morgan fingerprint density at radius 3 is 3.00 bits per heavy atom. The molecule has 3 rings (SSSR count). The molecule has 1 atom stereocenters. The molecule has 1 aliphatic carbocycles. The van der Waals surface area contributed by atoms with E-state index in [1.54, 1.807) is 10.7 Å². The number of urea groups is 1. The molecule has 2 amide bonds. The van der Waals surface area contributed by atoms with E-state index in [1.807, 2.05) is 18.1 Å². The maximum absolute atomic E-state index is 12.3. The molecule has 2 fully saturated rings. The zero-order chi connectivity index (χ0) is 15.5. The minimum Gasteiger partial charge on any atom is -0.373 e. The van der Waals surface area contributed by atoms with Gasteiger partial charge in [0, 0.05) is 45.5 Å². The third-order valence-corrected chi connectivity index (χ3v) is 4.16. The van der Waals surface area contributed by atoms with Gasteiger partial charge in [0.2, 0.25) is 0 Å². The molecule has 0 spiro atoms. The molecule has 7 heteroatoms. The summed E-state index contributed by atoms with van der Waals surface area (Å²) < 4.78 is 7.47. The van der Waals surface area contributed by atoms with Crippen molar-refractivity contribution in [3.8, 4) is 0 Å². The van der Waals surface area contributed by atoms with Gasteiger partial charge in [-0.1, -0.05) is 0 Å². The van der Waals surface area contributed by atoms with Crippen LogP contribution in [-0.2, 0) is 11.8 Å². The van der Waals surface area contributed by atoms with Gasteiger partial charge in [-0.3, -0.25) is 10.00 Å². The largest absolute Gasteiger partial charge is 0.373 e. The molecule has 0 radical (unpaired) electrons. The van der Waals surface area contributed by atoms with E-state index >= 15 is 0 Å². The summed E-state index contributed by atoms with van der Waals surface area (Å²) in [5.41, 5.74) is 0. The molecular formula is C15H25N5O2. The van der Waals surface area contributed by atoms with Gasteiger partial charge >= 0.3 is 6.03 Å². The van der Waals surface area contributed by atoms with Gasteiger partial charge in [-0.25, -0.2) is 4.79 Å². The highest BCUT2D eigenvalue weighted by atomic mass is 16.5. The molecule has 1 N–H and O–H groups in total. The molecule has 22 heavy (non-hydrogen) atoms. The summed E-state index contributed by atoms with van der Waals surface area (Å²) >= 11 is 0. The molecule has 1 aromatic rings. The Morgan fingerprint density at radius 2 is 2.32 bits per heavy atom. The average Bonchev–Trinajstić information content (AvgIpc) is 3.20. The molecule has 122 valence electrons. The van der Waals surface area contributed by atoms with Gasteiger partial charge in [0.1, 0.15) is 0 Å². The number of carbonyl (C=O) groups excluding carboxylic acids is 1. The Bertz CT molecular complexity index is 514. The normalized spacial score (nSPS) is 22.1. The monoisotopic (exact) mass is 307 g/mol. The minimum absolute atomic E-state index is 0.0898. The van der Waals surface area contributed by atoms with E-state index in [2.05, 4.69) is 22.4 Å². The van der Waals surface area contributed by atoms with Crippen LogP contribution in [0.1, 0.15) is 12.8 Å². The number of nitrogens with one attached hydrogen (secondary N) is 1. The Morgan fingerprint density at radius 1 is 1.50 bits per heavy atom. The predicted molar refractivity (Wildman–Crippen MR) is 83.8 cm³/mol. The quantitative estimate of drug-likeness (QED) is 0.881. The lowest BCUT2D eigenvalue weighted by Crippen LogP contribution is -2.50. The fraction of sp³-hybridized carbons (Fsp3) is 0.733. The van der Waals surface area contributed by atoms with Crippen molar-refractivity contribution in [3.05, 3.63) is 12.3 Å². The molecule has 0 unspecified atom stereocenters. The van der Waals surface area contributed by atoms with Crippen LogP contribution >= 0.6 is 0 Å². The number of likely N-dealkylation sites (N-methyl/N-ethyl adjacent to an activating group) is 1. The van der Waals surface area contributed by atoms with Gasteiger partial charge in [0.05, 0.1) is 12.7 Å². The van der Waals surface area contributed by atoms with E-state index < -0.39 is 0 Å². The number of rotatable bonds is 5. The number of amides is 2. The fourth-order valence-corrected chi connectivity index (χ4v) is 2.85. The van der Waals surface area contributed by atoms with E-state index in [0.717, 1.165) is 19.0 Å². The maximum Gasteiger partial charge on any atom is 0.323 e. The number of nitrogens with zero attached hydrogens (tertiary/aromatic N) is 4. The molecule has 2 heterocycles. The first-order chi connectivity index (χ1) is 10.6. The molecular weight excluding hydrogens is 282 g/mol. The highest BCUT2D eigenvalue weighted by Gasteiger charge is 2.28. The standard InChI is InChI=1S/C15H25N5O2/c1-18(9-12-3-4-12)10-13-11-20(7-8-22-13)15(21)16-14-5-6-19(2)17-14/h5-6,12-13H,3-4,7-11H2,1-2H3,(H,16,17,21)/t13-/m1/s1. The topological polar surface area (TPSA) is 62.6 Å². The van der Waals surface area contributed by atoms with Crippen molar-refractivity contribution in [2.45, 2.75) is 18.9 Å². The zero-order valence-electron chi connectivity index (χ0n) is 13.4. The predicted octanol–water partition coefficient (Wildman–Crippen LogP) is 0.995. The SMILES string of the molecule is CN(CC1CC1)C[C@@H]1CN(C(=O)Nc2ccn(C)n2)CCO1. The van der Waals surface area contributed by atoms with Crippen LogP contribution in [0.25, 0.3) is 0 Å². The second-order valence-corrected chi connectivity index (χ2v) is 6.41. The molecule has 1 aliphatic heterocycles. The number of morpholine rings is 1. The molecule has 0 bridgehead atoms. The number of carbonyl (C=O) groups is 1. The number of anilines is 1. The summed E-state index contributed by atoms with van der Waals surface area (Å²) in [6.45, 7) is 3.87. The smallest absolute Gasteiger partial charge is 0.323 e. The molecule has 2 aliphatic rings. The van der Waals surface area contributed by atoms with Crippen LogP contribution in [0.4, 0.5) is 10.6 Å². The third kappa shape index (κ3) is 4.20. The van der Waals surface area contributed by atoms with Gasteiger partial charge in [0.25, 0.3) is 0 Å². The van der Waals surface area contributed by atoms with Crippen LogP contribution in [0.5, 0.6) is 0 Å². The van der Waals surface area contributed by atoms with Gasteiger partial charge in [0.15, 0.2) is 5.82 Å². The zero-order valence-corrected chi connectivity index (χ0v) is 13.4. The highest BCUT2D eigenvalue weighted by Crippen LogP contribution is 2.29. The number of aromatic nitrogens is 2. The molecule has 1 saturated heterocycles. The summed E-state index contributed by atoms with van der Waals surface area (Å²) in [4.78, 5) is 16.4. The van der Waals surface area contributed by atoms with Crippen LogP contribution in [0, 0.1) is 5.92 Å². The van der Waals surface area contributed by atoms with Crippen molar-refractivity contribution in [1.29, 1.82) is 0 Å². The van der Waals surface area contributed by atoms with E-state index in [1.165, 1.54) is 12.8 Å². The first-order valence-corrected chi connectivity index (χ1v) is 7.96. The summed E-state index contributed by atoms with van der Waals surface area (Å²) in [6.07, 6.45) is 4.61. The van der Waals surface area contributed by atoms with Gasteiger partial charge < -0.3 is 14.5 Å². The van der Waals surface area contributed by atoms with Crippen molar-refractivity contribution < 1.29 is 9.53 Å². The summed E-state index contributed by atoms with van der Waals surface area (Å²) in [7, 11) is 3.96. The summed E-state index contributed by atoms with van der Waals surface area (Å²) in [5, 5.41) is 7.01. The molecule has 1 saturated carbocycles. The summed E-state index contributed by atoms with van der Waals surface area (Å²) in [5.74, 6) is 1.46. The van der Waals surface area contributed by atoms with Gasteiger partial charge in [-0.2, -0.15) is 5.10 Å². The van der Waals surface area contributed by atoms with Crippen LogP contribution < -0.4 is 5.32 Å². The van der Waals surface area contributed by atoms with Crippen molar-refractivity contribution in [3.63, 3.8) is 0 Å². The maximum atomic E-state index is 12.3. The van der Waals surface area contributed by atoms with Crippen molar-refractivity contribution in [2.24, 2.45) is 13.0 Å². The van der Waals surface area contributed by atoms with E-state index in [0.29, 0.717) is 25.5 Å². The van der Waals surface area contributed by atoms with E-state index in [-0.39, 0.29) is 12.1 Å². The van der Waals surface area contributed by atoms with Crippen LogP contribution in [-0.4, -0.2) is 71.5 Å². The lowest BCUT2D eigenvalue weighted by Gasteiger charge is -2.34. The van der Waals surface area contributed by atoms with Crippen LogP contribution in [0.3, 0.4) is 0 Å². The Balaban J connectivity index is 1.47. The second kappa shape index (κ2) is 6.66. The first-order valence-electron chi connectivity index (χ1n) is 7.96. The first kappa shape index (κ1) is 15.3. The van der Waals surface area contributed by atoms with Crippen molar-refractivity contribution >= 4 is 11.8 Å². The van der Waals surface area contributed by atoms with E-state index in [4.69, 9.17) is 4.74 Å². The molecule has 0 aromatic carbocycles.